The minimum Gasteiger partial charge on any atom is -0.215 e. The lowest BCUT2D eigenvalue weighted by Gasteiger charge is -2.23. The second-order valence-corrected chi connectivity index (χ2v) is 5.43. The van der Waals surface area contributed by atoms with Crippen LogP contribution >= 0.6 is 0 Å². The Bertz CT molecular complexity index is 399. The van der Waals surface area contributed by atoms with Crippen LogP contribution in [0.1, 0.15) is 23.7 Å². The largest absolute Gasteiger partial charge is 0.218 e. The van der Waals surface area contributed by atoms with E-state index in [2.05, 4.69) is 4.72 Å². The zero-order valence-corrected chi connectivity index (χ0v) is 8.63. The van der Waals surface area contributed by atoms with Crippen LogP contribution in [0.2, 0.25) is 0 Å². The molecule has 14 heavy (non-hydrogen) atoms. The van der Waals surface area contributed by atoms with Crippen LogP contribution in [0.15, 0.2) is 30.3 Å². The van der Waals surface area contributed by atoms with Gasteiger partial charge in [-0.2, -0.15) is 0 Å². The lowest BCUT2D eigenvalue weighted by molar-refractivity contribution is 0.531. The maximum absolute atomic E-state index is 11.7. The summed E-state index contributed by atoms with van der Waals surface area (Å²) in [6, 6.07) is 9.38. The molecule has 1 atom stereocenters. The molecule has 4 heteroatoms. The van der Waals surface area contributed by atoms with Crippen LogP contribution in [-0.4, -0.2) is 15.0 Å². The predicted octanol–water partition coefficient (Wildman–Crippen LogP) is 1.44. The first kappa shape index (κ1) is 9.68. The fourth-order valence-corrected chi connectivity index (χ4v) is 3.39. The highest BCUT2D eigenvalue weighted by atomic mass is 32.2. The molecule has 0 radical (unpaired) electrons. The van der Waals surface area contributed by atoms with Crippen molar-refractivity contribution < 1.29 is 8.42 Å². The van der Waals surface area contributed by atoms with Crippen LogP contribution in [0.5, 0.6) is 0 Å². The minimum absolute atomic E-state index is 0.363. The zero-order chi connectivity index (χ0) is 10.0. The lowest BCUT2D eigenvalue weighted by atomic mass is 10.1. The highest BCUT2D eigenvalue weighted by Gasteiger charge is 2.29. The van der Waals surface area contributed by atoms with Crippen LogP contribution < -0.4 is 4.72 Å². The van der Waals surface area contributed by atoms with E-state index in [1.54, 1.807) is 0 Å². The first-order chi connectivity index (χ1) is 6.70. The molecule has 1 aromatic rings. The SMILES string of the molecule is O=S1(=O)NCCC[C@@H]1c1ccccc1. The molecule has 1 N–H and O–H groups in total. The van der Waals surface area contributed by atoms with Crippen molar-refractivity contribution in [3.63, 3.8) is 0 Å². The molecule has 0 unspecified atom stereocenters. The maximum Gasteiger partial charge on any atom is 0.218 e. The summed E-state index contributed by atoms with van der Waals surface area (Å²) in [5, 5.41) is -0.363. The molecule has 1 fully saturated rings. The Kier molecular flexibility index (Phi) is 2.56. The van der Waals surface area contributed by atoms with Gasteiger partial charge in [0, 0.05) is 6.54 Å². The van der Waals surface area contributed by atoms with Gasteiger partial charge in [-0.15, -0.1) is 0 Å². The molecule has 0 bridgehead atoms. The number of benzene rings is 1. The summed E-state index contributed by atoms with van der Waals surface area (Å²) in [6.07, 6.45) is 1.64. The lowest BCUT2D eigenvalue weighted by Crippen LogP contribution is -2.34. The van der Waals surface area contributed by atoms with Gasteiger partial charge in [-0.25, -0.2) is 13.1 Å². The van der Waals surface area contributed by atoms with E-state index in [-0.39, 0.29) is 5.25 Å². The van der Waals surface area contributed by atoms with Crippen molar-refractivity contribution in [2.24, 2.45) is 0 Å². The number of sulfonamides is 1. The Balaban J connectivity index is 2.34. The third kappa shape index (κ3) is 1.81. The first-order valence-electron chi connectivity index (χ1n) is 4.73. The third-order valence-corrected chi connectivity index (χ3v) is 4.36. The smallest absolute Gasteiger partial charge is 0.215 e. The van der Waals surface area contributed by atoms with E-state index >= 15 is 0 Å². The summed E-state index contributed by atoms with van der Waals surface area (Å²) in [4.78, 5) is 0. The fourth-order valence-electron chi connectivity index (χ4n) is 1.77. The van der Waals surface area contributed by atoms with Gasteiger partial charge in [-0.1, -0.05) is 30.3 Å². The van der Waals surface area contributed by atoms with Gasteiger partial charge >= 0.3 is 0 Å². The zero-order valence-electron chi connectivity index (χ0n) is 7.81. The van der Waals surface area contributed by atoms with Gasteiger partial charge in [0.1, 0.15) is 5.25 Å². The Morgan fingerprint density at radius 3 is 2.57 bits per heavy atom. The van der Waals surface area contributed by atoms with Gasteiger partial charge in [0.05, 0.1) is 0 Å². The number of nitrogens with one attached hydrogen (secondary N) is 1. The van der Waals surface area contributed by atoms with E-state index < -0.39 is 10.0 Å². The second kappa shape index (κ2) is 3.71. The van der Waals surface area contributed by atoms with Crippen LogP contribution in [0.4, 0.5) is 0 Å². The monoisotopic (exact) mass is 211 g/mol. The van der Waals surface area contributed by atoms with Crippen molar-refractivity contribution in [2.45, 2.75) is 18.1 Å². The van der Waals surface area contributed by atoms with Crippen molar-refractivity contribution in [1.82, 2.24) is 4.72 Å². The summed E-state index contributed by atoms with van der Waals surface area (Å²) in [6.45, 7) is 0.575. The molecule has 0 aliphatic carbocycles. The van der Waals surface area contributed by atoms with E-state index in [1.807, 2.05) is 30.3 Å². The molecule has 1 heterocycles. The second-order valence-electron chi connectivity index (χ2n) is 3.48. The van der Waals surface area contributed by atoms with E-state index in [1.165, 1.54) is 0 Å². The molecule has 1 aliphatic heterocycles. The predicted molar refractivity (Wildman–Crippen MR) is 55.3 cm³/mol. The van der Waals surface area contributed by atoms with Crippen LogP contribution in [0.3, 0.4) is 0 Å². The molecule has 76 valence electrons. The summed E-state index contributed by atoms with van der Waals surface area (Å²) < 4.78 is 25.9. The molecular weight excluding hydrogens is 198 g/mol. The average Bonchev–Trinajstić information content (AvgIpc) is 2.18. The van der Waals surface area contributed by atoms with Crippen molar-refractivity contribution in [2.75, 3.05) is 6.54 Å². The van der Waals surface area contributed by atoms with Gasteiger partial charge in [-0.3, -0.25) is 0 Å². The van der Waals surface area contributed by atoms with E-state index in [4.69, 9.17) is 0 Å². The van der Waals surface area contributed by atoms with Crippen LogP contribution in [-0.2, 0) is 10.0 Å². The molecule has 1 aliphatic rings. The molecule has 0 spiro atoms. The molecule has 1 saturated heterocycles. The standard InChI is InChI=1S/C10H13NO2S/c12-14(13)10(7-4-8-11-14)9-5-2-1-3-6-9/h1-3,5-6,10-11H,4,7-8H2/t10-/m1/s1. The van der Waals surface area contributed by atoms with E-state index in [0.717, 1.165) is 18.4 Å². The van der Waals surface area contributed by atoms with Gasteiger partial charge in [-0.05, 0) is 18.4 Å². The van der Waals surface area contributed by atoms with Crippen molar-refractivity contribution in [3.8, 4) is 0 Å². The quantitative estimate of drug-likeness (QED) is 0.764. The third-order valence-electron chi connectivity index (χ3n) is 2.49. The fraction of sp³-hybridized carbons (Fsp3) is 0.400. The Morgan fingerprint density at radius 2 is 1.93 bits per heavy atom. The number of rotatable bonds is 1. The van der Waals surface area contributed by atoms with Crippen molar-refractivity contribution >= 4 is 10.0 Å². The van der Waals surface area contributed by atoms with Gasteiger partial charge in [0.15, 0.2) is 0 Å². The summed E-state index contributed by atoms with van der Waals surface area (Å²) in [5.74, 6) is 0. The van der Waals surface area contributed by atoms with Gasteiger partial charge < -0.3 is 0 Å². The normalized spacial score (nSPS) is 25.9. The molecule has 2 rings (SSSR count). The minimum atomic E-state index is -3.13. The summed E-state index contributed by atoms with van der Waals surface area (Å²) in [7, 11) is -3.13. The van der Waals surface area contributed by atoms with Crippen molar-refractivity contribution in [3.05, 3.63) is 35.9 Å². The summed E-state index contributed by atoms with van der Waals surface area (Å²) in [5.41, 5.74) is 0.889. The van der Waals surface area contributed by atoms with Gasteiger partial charge in [0.2, 0.25) is 10.0 Å². The maximum atomic E-state index is 11.7. The average molecular weight is 211 g/mol. The topological polar surface area (TPSA) is 46.2 Å². The van der Waals surface area contributed by atoms with E-state index in [9.17, 15) is 8.42 Å². The first-order valence-corrected chi connectivity index (χ1v) is 6.28. The van der Waals surface area contributed by atoms with Gasteiger partial charge in [0.25, 0.3) is 0 Å². The van der Waals surface area contributed by atoms with Crippen molar-refractivity contribution in [1.29, 1.82) is 0 Å². The highest BCUT2D eigenvalue weighted by molar-refractivity contribution is 7.89. The molecule has 0 amide bonds. The molecule has 1 aromatic carbocycles. The molecule has 3 nitrogen and oxygen atoms in total. The molecule has 0 saturated carbocycles. The Labute approximate surface area is 84.2 Å². The molecule has 0 aromatic heterocycles. The molecular formula is C10H13NO2S. The van der Waals surface area contributed by atoms with Crippen LogP contribution in [0, 0.1) is 0 Å². The number of hydrogen-bond acceptors (Lipinski definition) is 2. The Hall–Kier alpha value is -0.870. The Morgan fingerprint density at radius 1 is 1.21 bits per heavy atom. The number of hydrogen-bond donors (Lipinski definition) is 1. The highest BCUT2D eigenvalue weighted by Crippen LogP contribution is 2.28. The van der Waals surface area contributed by atoms with E-state index in [0.29, 0.717) is 6.54 Å². The summed E-state index contributed by atoms with van der Waals surface area (Å²) >= 11 is 0. The van der Waals surface area contributed by atoms with Crippen LogP contribution in [0.25, 0.3) is 0 Å².